The van der Waals surface area contributed by atoms with Crippen LogP contribution < -0.4 is 16.2 Å². The molecule has 0 amide bonds. The van der Waals surface area contributed by atoms with E-state index in [9.17, 15) is 9.90 Å². The molecular formula is C19H21N5O2. The van der Waals surface area contributed by atoms with Crippen LogP contribution in [0.3, 0.4) is 0 Å². The Morgan fingerprint density at radius 3 is 2.88 bits per heavy atom. The van der Waals surface area contributed by atoms with E-state index in [1.807, 2.05) is 31.2 Å². The Bertz CT molecular complexity index is 1000. The Labute approximate surface area is 150 Å². The highest BCUT2D eigenvalue weighted by atomic mass is 16.3. The molecule has 7 heteroatoms. The van der Waals surface area contributed by atoms with Gasteiger partial charge in [0.1, 0.15) is 17.5 Å². The number of hydrogen-bond acceptors (Lipinski definition) is 6. The molecule has 0 bridgehead atoms. The standard InChI is InChI=1S/C19H21N5O2/c1-11-5-7-20-15(9-11)23-16-10-12-6-8-21-19(26)17(12)18(24-16)22-13-3-2-4-14(13)25/h5-10,13-14,25H,2-4H2,1H3,(H,21,26)(H2,20,22,23,24)/t13-,14-/m1/s1. The van der Waals surface area contributed by atoms with Crippen LogP contribution in [0.1, 0.15) is 24.8 Å². The number of H-pyrrole nitrogens is 1. The maximum absolute atomic E-state index is 12.3. The molecule has 0 spiro atoms. The zero-order valence-electron chi connectivity index (χ0n) is 14.5. The van der Waals surface area contributed by atoms with Crippen LogP contribution >= 0.6 is 0 Å². The topological polar surface area (TPSA) is 103 Å². The molecule has 7 nitrogen and oxygen atoms in total. The highest BCUT2D eigenvalue weighted by Crippen LogP contribution is 2.27. The minimum absolute atomic E-state index is 0.0994. The fraction of sp³-hybridized carbons (Fsp3) is 0.316. The summed E-state index contributed by atoms with van der Waals surface area (Å²) in [6.45, 7) is 1.99. The van der Waals surface area contributed by atoms with Crippen LogP contribution in [0, 0.1) is 6.92 Å². The maximum atomic E-state index is 12.3. The van der Waals surface area contributed by atoms with Crippen molar-refractivity contribution in [1.29, 1.82) is 0 Å². The van der Waals surface area contributed by atoms with E-state index in [4.69, 9.17) is 0 Å². The summed E-state index contributed by atoms with van der Waals surface area (Å²) in [6, 6.07) is 7.41. The molecule has 0 unspecified atom stereocenters. The van der Waals surface area contributed by atoms with Gasteiger partial charge in [-0.3, -0.25) is 4.79 Å². The van der Waals surface area contributed by atoms with Crippen molar-refractivity contribution in [2.75, 3.05) is 10.6 Å². The number of aliphatic hydroxyl groups is 1. The van der Waals surface area contributed by atoms with Crippen molar-refractivity contribution in [3.05, 3.63) is 52.6 Å². The average molecular weight is 351 g/mol. The SMILES string of the molecule is Cc1ccnc(Nc2cc3cc[nH]c(=O)c3c(N[C@@H]3CCC[C@H]3O)n2)c1. The van der Waals surface area contributed by atoms with Gasteiger partial charge >= 0.3 is 0 Å². The third-order valence-electron chi connectivity index (χ3n) is 4.73. The van der Waals surface area contributed by atoms with Crippen LogP contribution in [0.2, 0.25) is 0 Å². The Hall–Kier alpha value is -2.93. The van der Waals surface area contributed by atoms with E-state index in [2.05, 4.69) is 25.6 Å². The van der Waals surface area contributed by atoms with Gasteiger partial charge in [0, 0.05) is 12.4 Å². The lowest BCUT2D eigenvalue weighted by Gasteiger charge is -2.19. The van der Waals surface area contributed by atoms with Crippen LogP contribution in [0.5, 0.6) is 0 Å². The normalized spacial score (nSPS) is 19.6. The number of pyridine rings is 3. The molecule has 1 fully saturated rings. The lowest BCUT2D eigenvalue weighted by molar-refractivity contribution is 0.171. The van der Waals surface area contributed by atoms with Crippen LogP contribution in [0.15, 0.2) is 41.5 Å². The molecule has 26 heavy (non-hydrogen) atoms. The molecule has 4 N–H and O–H groups in total. The van der Waals surface area contributed by atoms with Gasteiger partial charge in [-0.15, -0.1) is 0 Å². The molecule has 134 valence electrons. The summed E-state index contributed by atoms with van der Waals surface area (Å²) in [5, 5.41) is 17.9. The van der Waals surface area contributed by atoms with Crippen molar-refractivity contribution in [2.45, 2.75) is 38.3 Å². The number of aromatic nitrogens is 3. The monoisotopic (exact) mass is 351 g/mol. The second-order valence-corrected chi connectivity index (χ2v) is 6.72. The first kappa shape index (κ1) is 16.5. The van der Waals surface area contributed by atoms with Gasteiger partial charge in [0.15, 0.2) is 0 Å². The third-order valence-corrected chi connectivity index (χ3v) is 4.73. The third kappa shape index (κ3) is 3.25. The first-order valence-electron chi connectivity index (χ1n) is 8.77. The van der Waals surface area contributed by atoms with Gasteiger partial charge in [-0.1, -0.05) is 0 Å². The molecule has 1 saturated carbocycles. The zero-order valence-corrected chi connectivity index (χ0v) is 14.5. The molecule has 0 radical (unpaired) electrons. The summed E-state index contributed by atoms with van der Waals surface area (Å²) in [5.41, 5.74) is 0.886. The predicted octanol–water partition coefficient (Wildman–Crippen LogP) is 2.70. The molecule has 3 aromatic rings. The lowest BCUT2D eigenvalue weighted by Crippen LogP contribution is -2.29. The summed E-state index contributed by atoms with van der Waals surface area (Å²) >= 11 is 0. The summed E-state index contributed by atoms with van der Waals surface area (Å²) < 4.78 is 0. The Kier molecular flexibility index (Phi) is 4.30. The minimum Gasteiger partial charge on any atom is -0.391 e. The fourth-order valence-electron chi connectivity index (χ4n) is 3.40. The van der Waals surface area contributed by atoms with Gasteiger partial charge in [0.2, 0.25) is 0 Å². The summed E-state index contributed by atoms with van der Waals surface area (Å²) in [4.78, 5) is 23.9. The summed E-state index contributed by atoms with van der Waals surface area (Å²) in [5.74, 6) is 1.76. The Morgan fingerprint density at radius 1 is 1.23 bits per heavy atom. The molecule has 0 aliphatic heterocycles. The van der Waals surface area contributed by atoms with E-state index >= 15 is 0 Å². The number of nitrogens with one attached hydrogen (secondary N) is 3. The summed E-state index contributed by atoms with van der Waals surface area (Å²) in [6.07, 6.45) is 5.50. The maximum Gasteiger partial charge on any atom is 0.259 e. The fourth-order valence-corrected chi connectivity index (χ4v) is 3.40. The van der Waals surface area contributed by atoms with E-state index in [1.54, 1.807) is 12.4 Å². The van der Waals surface area contributed by atoms with Crippen LogP contribution in [-0.2, 0) is 0 Å². The largest absolute Gasteiger partial charge is 0.391 e. The number of aromatic amines is 1. The number of fused-ring (bicyclic) bond motifs is 1. The van der Waals surface area contributed by atoms with Crippen molar-refractivity contribution < 1.29 is 5.11 Å². The average Bonchev–Trinajstić information content (AvgIpc) is 3.00. The van der Waals surface area contributed by atoms with E-state index in [-0.39, 0.29) is 11.6 Å². The smallest absolute Gasteiger partial charge is 0.259 e. The van der Waals surface area contributed by atoms with Gasteiger partial charge in [0.05, 0.1) is 17.5 Å². The van der Waals surface area contributed by atoms with Crippen molar-refractivity contribution in [2.24, 2.45) is 0 Å². The second kappa shape index (κ2) is 6.76. The molecule has 3 aromatic heterocycles. The predicted molar refractivity (Wildman–Crippen MR) is 102 cm³/mol. The van der Waals surface area contributed by atoms with Crippen LogP contribution in [0.25, 0.3) is 10.8 Å². The van der Waals surface area contributed by atoms with E-state index in [1.165, 1.54) is 0 Å². The van der Waals surface area contributed by atoms with Gasteiger partial charge in [-0.25, -0.2) is 9.97 Å². The molecule has 3 heterocycles. The molecule has 1 aliphatic rings. The number of hydrogen-bond donors (Lipinski definition) is 4. The van der Waals surface area contributed by atoms with Crippen molar-refractivity contribution in [3.63, 3.8) is 0 Å². The number of anilines is 3. The highest BCUT2D eigenvalue weighted by Gasteiger charge is 2.26. The number of aryl methyl sites for hydroxylation is 1. The zero-order chi connectivity index (χ0) is 18.1. The molecule has 4 rings (SSSR count). The Balaban J connectivity index is 1.76. The lowest BCUT2D eigenvalue weighted by atomic mass is 10.1. The highest BCUT2D eigenvalue weighted by molar-refractivity contribution is 5.93. The van der Waals surface area contributed by atoms with Gasteiger partial charge in [0.25, 0.3) is 5.56 Å². The minimum atomic E-state index is -0.426. The molecule has 2 atom stereocenters. The molecule has 1 aliphatic carbocycles. The molecular weight excluding hydrogens is 330 g/mol. The van der Waals surface area contributed by atoms with E-state index in [0.717, 1.165) is 30.2 Å². The van der Waals surface area contributed by atoms with Gasteiger partial charge in [-0.2, -0.15) is 0 Å². The molecule has 0 aromatic carbocycles. The second-order valence-electron chi connectivity index (χ2n) is 6.72. The number of aliphatic hydroxyl groups excluding tert-OH is 1. The van der Waals surface area contributed by atoms with Crippen molar-refractivity contribution in [3.8, 4) is 0 Å². The molecule has 0 saturated heterocycles. The first-order valence-corrected chi connectivity index (χ1v) is 8.77. The number of rotatable bonds is 4. The van der Waals surface area contributed by atoms with Crippen molar-refractivity contribution >= 4 is 28.2 Å². The van der Waals surface area contributed by atoms with E-state index in [0.29, 0.717) is 22.8 Å². The first-order chi connectivity index (χ1) is 12.6. The van der Waals surface area contributed by atoms with Crippen LogP contribution in [0.4, 0.5) is 17.5 Å². The number of nitrogens with zero attached hydrogens (tertiary/aromatic N) is 2. The Morgan fingerprint density at radius 2 is 2.12 bits per heavy atom. The quantitative estimate of drug-likeness (QED) is 0.576. The van der Waals surface area contributed by atoms with Crippen LogP contribution in [-0.4, -0.2) is 32.2 Å². The van der Waals surface area contributed by atoms with E-state index < -0.39 is 6.10 Å². The van der Waals surface area contributed by atoms with Crippen molar-refractivity contribution in [1.82, 2.24) is 15.0 Å². The van der Waals surface area contributed by atoms with Gasteiger partial charge < -0.3 is 20.7 Å². The summed E-state index contributed by atoms with van der Waals surface area (Å²) in [7, 11) is 0. The van der Waals surface area contributed by atoms with Gasteiger partial charge in [-0.05, 0) is 61.4 Å².